The molecule has 1 saturated heterocycles. The number of carbonyl (C=O) groups is 1. The molecule has 0 amide bonds. The molecule has 0 aliphatic carbocycles. The van der Waals surface area contributed by atoms with Crippen molar-refractivity contribution in [1.82, 2.24) is 5.32 Å². The molecule has 3 rings (SSSR count). The molecule has 118 valence electrons. The SMILES string of the molecule is Cc1ccccc1C1=NOC(CC2(C(=O)O)CCNCC2)C1. The molecule has 22 heavy (non-hydrogen) atoms. The normalized spacial score (nSPS) is 23.7. The first kappa shape index (κ1) is 15.0. The summed E-state index contributed by atoms with van der Waals surface area (Å²) < 4.78 is 0. The Morgan fingerprint density at radius 3 is 2.82 bits per heavy atom. The second kappa shape index (κ2) is 6.08. The molecular weight excluding hydrogens is 280 g/mol. The molecule has 0 spiro atoms. The van der Waals surface area contributed by atoms with Gasteiger partial charge in [0.15, 0.2) is 0 Å². The lowest BCUT2D eigenvalue weighted by atomic mass is 9.74. The van der Waals surface area contributed by atoms with Gasteiger partial charge in [-0.3, -0.25) is 4.79 Å². The number of hydrogen-bond donors (Lipinski definition) is 2. The van der Waals surface area contributed by atoms with E-state index in [1.54, 1.807) is 0 Å². The molecule has 5 nitrogen and oxygen atoms in total. The molecule has 1 unspecified atom stereocenters. The lowest BCUT2D eigenvalue weighted by molar-refractivity contribution is -0.153. The maximum absolute atomic E-state index is 11.7. The van der Waals surface area contributed by atoms with E-state index in [1.807, 2.05) is 18.2 Å². The van der Waals surface area contributed by atoms with Crippen LogP contribution in [-0.4, -0.2) is 36.0 Å². The van der Waals surface area contributed by atoms with Gasteiger partial charge in [-0.2, -0.15) is 0 Å². The van der Waals surface area contributed by atoms with Crippen LogP contribution in [0.25, 0.3) is 0 Å². The van der Waals surface area contributed by atoms with E-state index in [1.165, 1.54) is 5.56 Å². The van der Waals surface area contributed by atoms with E-state index < -0.39 is 11.4 Å². The van der Waals surface area contributed by atoms with Crippen LogP contribution in [0.2, 0.25) is 0 Å². The fourth-order valence-electron chi connectivity index (χ4n) is 3.44. The first-order valence-corrected chi connectivity index (χ1v) is 7.83. The van der Waals surface area contributed by atoms with Gasteiger partial charge in [0.25, 0.3) is 0 Å². The van der Waals surface area contributed by atoms with Crippen LogP contribution in [0.3, 0.4) is 0 Å². The highest BCUT2D eigenvalue weighted by Crippen LogP contribution is 2.37. The largest absolute Gasteiger partial charge is 0.481 e. The molecule has 5 heteroatoms. The van der Waals surface area contributed by atoms with Crippen molar-refractivity contribution in [2.45, 2.75) is 38.7 Å². The third-order valence-corrected chi connectivity index (χ3v) is 4.82. The summed E-state index contributed by atoms with van der Waals surface area (Å²) in [6.07, 6.45) is 2.39. The Morgan fingerprint density at radius 1 is 1.41 bits per heavy atom. The van der Waals surface area contributed by atoms with E-state index in [0.29, 0.717) is 25.7 Å². The number of aliphatic carboxylic acids is 1. The molecule has 0 bridgehead atoms. The predicted molar refractivity (Wildman–Crippen MR) is 84.0 cm³/mol. The summed E-state index contributed by atoms with van der Waals surface area (Å²) in [5, 5.41) is 17.1. The molecule has 2 N–H and O–H groups in total. The van der Waals surface area contributed by atoms with E-state index in [0.717, 1.165) is 24.4 Å². The van der Waals surface area contributed by atoms with Gasteiger partial charge in [-0.15, -0.1) is 0 Å². The number of benzene rings is 1. The standard InChI is InChI=1S/C17H22N2O3/c1-12-4-2-3-5-14(12)15-10-13(22-19-15)11-17(16(20)21)6-8-18-9-7-17/h2-5,13,18H,6-11H2,1H3,(H,20,21). The number of oxime groups is 1. The molecular formula is C17H22N2O3. The number of nitrogens with zero attached hydrogens (tertiary/aromatic N) is 1. The molecule has 1 fully saturated rings. The van der Waals surface area contributed by atoms with Gasteiger partial charge >= 0.3 is 5.97 Å². The summed E-state index contributed by atoms with van der Waals surface area (Å²) in [7, 11) is 0. The number of nitrogens with one attached hydrogen (secondary N) is 1. The summed E-state index contributed by atoms with van der Waals surface area (Å²) in [6, 6.07) is 8.08. The average Bonchev–Trinajstić information content (AvgIpc) is 2.96. The number of carboxylic acids is 1. The number of carboxylic acid groups (broad SMARTS) is 1. The minimum atomic E-state index is -0.707. The van der Waals surface area contributed by atoms with Gasteiger partial charge in [0.05, 0.1) is 11.1 Å². The Hall–Kier alpha value is -1.88. The molecule has 1 atom stereocenters. The van der Waals surface area contributed by atoms with Crippen LogP contribution in [0.15, 0.2) is 29.4 Å². The van der Waals surface area contributed by atoms with Gasteiger partial charge in [-0.1, -0.05) is 29.4 Å². The Kier molecular flexibility index (Phi) is 4.16. The van der Waals surface area contributed by atoms with Crippen molar-refractivity contribution < 1.29 is 14.7 Å². The topological polar surface area (TPSA) is 70.9 Å². The van der Waals surface area contributed by atoms with Gasteiger partial charge in [-0.25, -0.2) is 0 Å². The highest BCUT2D eigenvalue weighted by molar-refractivity contribution is 6.02. The van der Waals surface area contributed by atoms with Crippen LogP contribution in [0, 0.1) is 12.3 Å². The Labute approximate surface area is 130 Å². The zero-order chi connectivity index (χ0) is 15.6. The number of piperidine rings is 1. The van der Waals surface area contributed by atoms with Crippen molar-refractivity contribution in [3.63, 3.8) is 0 Å². The van der Waals surface area contributed by atoms with Crippen LogP contribution >= 0.6 is 0 Å². The average molecular weight is 302 g/mol. The number of rotatable bonds is 4. The number of aryl methyl sites for hydroxylation is 1. The maximum atomic E-state index is 11.7. The molecule has 1 aromatic carbocycles. The Balaban J connectivity index is 1.69. The van der Waals surface area contributed by atoms with Crippen LogP contribution in [0.5, 0.6) is 0 Å². The second-order valence-corrected chi connectivity index (χ2v) is 6.32. The summed E-state index contributed by atoms with van der Waals surface area (Å²) in [4.78, 5) is 17.3. The Bertz CT molecular complexity index is 591. The zero-order valence-corrected chi connectivity index (χ0v) is 12.8. The third kappa shape index (κ3) is 2.86. The number of hydrogen-bond acceptors (Lipinski definition) is 4. The molecule has 0 radical (unpaired) electrons. The smallest absolute Gasteiger partial charge is 0.309 e. The summed E-state index contributed by atoms with van der Waals surface area (Å²) in [5.41, 5.74) is 2.52. The first-order chi connectivity index (χ1) is 10.6. The van der Waals surface area contributed by atoms with Crippen LogP contribution < -0.4 is 5.32 Å². The van der Waals surface area contributed by atoms with Crippen LogP contribution in [0.1, 0.15) is 36.8 Å². The van der Waals surface area contributed by atoms with Crippen molar-refractivity contribution in [2.75, 3.05) is 13.1 Å². The second-order valence-electron chi connectivity index (χ2n) is 6.32. The van der Waals surface area contributed by atoms with Crippen molar-refractivity contribution >= 4 is 11.7 Å². The lowest BCUT2D eigenvalue weighted by Gasteiger charge is -2.34. The molecule has 2 aliphatic heterocycles. The quantitative estimate of drug-likeness (QED) is 0.895. The molecule has 2 aliphatic rings. The van der Waals surface area contributed by atoms with Crippen molar-refractivity contribution in [3.05, 3.63) is 35.4 Å². The minimum Gasteiger partial charge on any atom is -0.481 e. The fourth-order valence-corrected chi connectivity index (χ4v) is 3.44. The Morgan fingerprint density at radius 2 is 2.14 bits per heavy atom. The summed E-state index contributed by atoms with van der Waals surface area (Å²) in [5.74, 6) is -0.707. The van der Waals surface area contributed by atoms with E-state index >= 15 is 0 Å². The highest BCUT2D eigenvalue weighted by atomic mass is 16.6. The minimum absolute atomic E-state index is 0.135. The highest BCUT2D eigenvalue weighted by Gasteiger charge is 2.43. The fraction of sp³-hybridized carbons (Fsp3) is 0.529. The van der Waals surface area contributed by atoms with Gasteiger partial charge in [0.1, 0.15) is 6.10 Å². The first-order valence-electron chi connectivity index (χ1n) is 7.83. The van der Waals surface area contributed by atoms with Crippen LogP contribution in [-0.2, 0) is 9.63 Å². The maximum Gasteiger partial charge on any atom is 0.309 e. The summed E-state index contributed by atoms with van der Waals surface area (Å²) in [6.45, 7) is 3.56. The van der Waals surface area contributed by atoms with Crippen molar-refractivity contribution in [1.29, 1.82) is 0 Å². The van der Waals surface area contributed by atoms with Gasteiger partial charge in [0, 0.05) is 18.4 Å². The molecule has 1 aromatic rings. The van der Waals surface area contributed by atoms with Crippen molar-refractivity contribution in [2.24, 2.45) is 10.6 Å². The van der Waals surface area contributed by atoms with Gasteiger partial charge in [0.2, 0.25) is 0 Å². The lowest BCUT2D eigenvalue weighted by Crippen LogP contribution is -2.44. The molecule has 0 saturated carbocycles. The predicted octanol–water partition coefficient (Wildman–Crippen LogP) is 2.33. The summed E-state index contributed by atoms with van der Waals surface area (Å²) >= 11 is 0. The van der Waals surface area contributed by atoms with E-state index in [9.17, 15) is 9.90 Å². The van der Waals surface area contributed by atoms with Crippen LogP contribution in [0.4, 0.5) is 0 Å². The van der Waals surface area contributed by atoms with Crippen molar-refractivity contribution in [3.8, 4) is 0 Å². The monoisotopic (exact) mass is 302 g/mol. The van der Waals surface area contributed by atoms with E-state index in [-0.39, 0.29) is 6.10 Å². The van der Waals surface area contributed by atoms with E-state index in [4.69, 9.17) is 4.84 Å². The zero-order valence-electron chi connectivity index (χ0n) is 12.8. The molecule has 2 heterocycles. The van der Waals surface area contributed by atoms with E-state index in [2.05, 4.69) is 23.5 Å². The molecule has 0 aromatic heterocycles. The van der Waals surface area contributed by atoms with Gasteiger partial charge in [-0.05, 0) is 38.4 Å². The third-order valence-electron chi connectivity index (χ3n) is 4.82. The van der Waals surface area contributed by atoms with Gasteiger partial charge < -0.3 is 15.3 Å².